The zero-order valence-corrected chi connectivity index (χ0v) is 22.2. The first-order valence-electron chi connectivity index (χ1n) is 13.3. The third kappa shape index (κ3) is 3.75. The SMILES string of the molecule is CCC(C)c1ccc(C2(c3ccc(C(C)CC)cc3)c3cc(C)ccc3-c3ccc(C)cc32)cc1. The summed E-state index contributed by atoms with van der Waals surface area (Å²) in [4.78, 5) is 0. The Labute approximate surface area is 212 Å². The fourth-order valence-corrected chi connectivity index (χ4v) is 5.93. The third-order valence-corrected chi connectivity index (χ3v) is 8.50. The summed E-state index contributed by atoms with van der Waals surface area (Å²) in [6, 6.07) is 33.1. The summed E-state index contributed by atoms with van der Waals surface area (Å²) >= 11 is 0. The molecule has 0 radical (unpaired) electrons. The highest BCUT2D eigenvalue weighted by Crippen LogP contribution is 2.56. The Morgan fingerprint density at radius 2 is 0.914 bits per heavy atom. The number of fused-ring (bicyclic) bond motifs is 3. The molecule has 0 spiro atoms. The van der Waals surface area contributed by atoms with Gasteiger partial charge in [0.1, 0.15) is 0 Å². The molecular formula is C35H38. The summed E-state index contributed by atoms with van der Waals surface area (Å²) in [7, 11) is 0. The van der Waals surface area contributed by atoms with E-state index in [1.165, 1.54) is 55.6 Å². The highest BCUT2D eigenvalue weighted by Gasteiger charge is 2.46. The van der Waals surface area contributed by atoms with Crippen LogP contribution in [-0.4, -0.2) is 0 Å². The van der Waals surface area contributed by atoms with Crippen molar-refractivity contribution in [2.45, 2.75) is 71.6 Å². The Bertz CT molecular complexity index is 1230. The molecular weight excluding hydrogens is 420 g/mol. The van der Waals surface area contributed by atoms with Gasteiger partial charge in [0.25, 0.3) is 0 Å². The highest BCUT2D eigenvalue weighted by molar-refractivity contribution is 5.86. The van der Waals surface area contributed by atoms with Crippen LogP contribution in [0.25, 0.3) is 11.1 Å². The average Bonchev–Trinajstić information content (AvgIpc) is 3.17. The lowest BCUT2D eigenvalue weighted by molar-refractivity contribution is 0.722. The predicted molar refractivity (Wildman–Crippen MR) is 151 cm³/mol. The van der Waals surface area contributed by atoms with Gasteiger partial charge >= 0.3 is 0 Å². The molecule has 1 aliphatic carbocycles. The van der Waals surface area contributed by atoms with E-state index in [1.807, 2.05) is 0 Å². The van der Waals surface area contributed by atoms with Gasteiger partial charge in [-0.2, -0.15) is 0 Å². The van der Waals surface area contributed by atoms with E-state index in [9.17, 15) is 0 Å². The molecule has 0 saturated heterocycles. The Morgan fingerprint density at radius 1 is 0.543 bits per heavy atom. The molecule has 0 N–H and O–H groups in total. The maximum absolute atomic E-state index is 2.43. The fraction of sp³-hybridized carbons (Fsp3) is 0.314. The zero-order chi connectivity index (χ0) is 24.7. The lowest BCUT2D eigenvalue weighted by Crippen LogP contribution is -2.29. The van der Waals surface area contributed by atoms with E-state index in [2.05, 4.69) is 126 Å². The normalized spacial score (nSPS) is 15.4. The van der Waals surface area contributed by atoms with Crippen molar-refractivity contribution in [2.24, 2.45) is 0 Å². The summed E-state index contributed by atoms with van der Waals surface area (Å²) in [6.07, 6.45) is 2.32. The third-order valence-electron chi connectivity index (χ3n) is 8.50. The topological polar surface area (TPSA) is 0 Å². The van der Waals surface area contributed by atoms with Gasteiger partial charge in [-0.3, -0.25) is 0 Å². The molecule has 0 nitrogen and oxygen atoms in total. The lowest BCUT2D eigenvalue weighted by atomic mass is 9.67. The molecule has 5 rings (SSSR count). The molecule has 0 aromatic heterocycles. The van der Waals surface area contributed by atoms with Crippen molar-refractivity contribution >= 4 is 0 Å². The largest absolute Gasteiger partial charge is 0.0713 e. The average molecular weight is 459 g/mol. The number of benzene rings is 4. The molecule has 2 atom stereocenters. The predicted octanol–water partition coefficient (Wildman–Crippen LogP) is 9.69. The summed E-state index contributed by atoms with van der Waals surface area (Å²) in [6.45, 7) is 13.6. The lowest BCUT2D eigenvalue weighted by Gasteiger charge is -2.34. The summed E-state index contributed by atoms with van der Waals surface area (Å²) in [5.41, 5.74) is 13.4. The van der Waals surface area contributed by atoms with Gasteiger partial charge in [-0.15, -0.1) is 0 Å². The molecule has 4 aromatic carbocycles. The van der Waals surface area contributed by atoms with Crippen LogP contribution in [0, 0.1) is 13.8 Å². The molecule has 0 amide bonds. The van der Waals surface area contributed by atoms with Crippen LogP contribution in [0.2, 0.25) is 0 Å². The van der Waals surface area contributed by atoms with Gasteiger partial charge in [0.05, 0.1) is 5.41 Å². The summed E-state index contributed by atoms with van der Waals surface area (Å²) < 4.78 is 0. The van der Waals surface area contributed by atoms with Crippen molar-refractivity contribution in [3.8, 4) is 11.1 Å². The molecule has 0 fully saturated rings. The van der Waals surface area contributed by atoms with Crippen LogP contribution in [0.15, 0.2) is 84.9 Å². The smallest absolute Gasteiger partial charge is 0.0648 e. The van der Waals surface area contributed by atoms with E-state index in [0.29, 0.717) is 11.8 Å². The number of aryl methyl sites for hydroxylation is 2. The van der Waals surface area contributed by atoms with Gasteiger partial charge in [0, 0.05) is 0 Å². The minimum Gasteiger partial charge on any atom is -0.0648 e. The van der Waals surface area contributed by atoms with Gasteiger partial charge in [-0.05, 0) is 83.0 Å². The number of hydrogen-bond donors (Lipinski definition) is 0. The number of hydrogen-bond acceptors (Lipinski definition) is 0. The fourth-order valence-electron chi connectivity index (χ4n) is 5.93. The second kappa shape index (κ2) is 9.15. The molecule has 0 heterocycles. The van der Waals surface area contributed by atoms with Crippen LogP contribution >= 0.6 is 0 Å². The van der Waals surface area contributed by atoms with Crippen molar-refractivity contribution in [2.75, 3.05) is 0 Å². The van der Waals surface area contributed by atoms with Gasteiger partial charge in [-0.25, -0.2) is 0 Å². The standard InChI is InChI=1S/C35H38/c1-7-25(5)27-11-15-29(16-12-27)35(30-17-13-28(14-18-30)26(6)8-2)33-21-23(3)9-19-31(33)32-20-10-24(4)22-34(32)35/h9-22,25-26H,7-8H2,1-6H3. The molecule has 1 aliphatic rings. The monoisotopic (exact) mass is 458 g/mol. The molecule has 2 unspecified atom stereocenters. The van der Waals surface area contributed by atoms with Crippen LogP contribution < -0.4 is 0 Å². The second-order valence-electron chi connectivity index (χ2n) is 10.7. The maximum atomic E-state index is 2.43. The van der Waals surface area contributed by atoms with Crippen molar-refractivity contribution in [1.82, 2.24) is 0 Å². The van der Waals surface area contributed by atoms with E-state index in [1.54, 1.807) is 0 Å². The molecule has 4 aromatic rings. The number of rotatable bonds is 6. The van der Waals surface area contributed by atoms with Crippen molar-refractivity contribution < 1.29 is 0 Å². The molecule has 35 heavy (non-hydrogen) atoms. The van der Waals surface area contributed by atoms with Crippen molar-refractivity contribution in [3.63, 3.8) is 0 Å². The van der Waals surface area contributed by atoms with E-state index in [4.69, 9.17) is 0 Å². The van der Waals surface area contributed by atoms with Crippen LogP contribution in [0.5, 0.6) is 0 Å². The Hall–Kier alpha value is -3.12. The van der Waals surface area contributed by atoms with Gasteiger partial charge in [-0.1, -0.05) is 124 Å². The van der Waals surface area contributed by atoms with Gasteiger partial charge in [0.15, 0.2) is 0 Å². The first-order chi connectivity index (χ1) is 16.9. The Morgan fingerprint density at radius 3 is 1.26 bits per heavy atom. The van der Waals surface area contributed by atoms with E-state index in [-0.39, 0.29) is 5.41 Å². The van der Waals surface area contributed by atoms with Gasteiger partial charge < -0.3 is 0 Å². The molecule has 178 valence electrons. The van der Waals surface area contributed by atoms with E-state index < -0.39 is 0 Å². The quantitative estimate of drug-likeness (QED) is 0.237. The van der Waals surface area contributed by atoms with Crippen molar-refractivity contribution in [3.05, 3.63) is 129 Å². The Balaban J connectivity index is 1.84. The maximum Gasteiger partial charge on any atom is 0.0713 e. The van der Waals surface area contributed by atoms with Crippen molar-refractivity contribution in [1.29, 1.82) is 0 Å². The molecule has 0 saturated carbocycles. The highest BCUT2D eigenvalue weighted by atomic mass is 14.5. The molecule has 0 heteroatoms. The second-order valence-corrected chi connectivity index (χ2v) is 10.7. The Kier molecular flexibility index (Phi) is 6.18. The minimum absolute atomic E-state index is 0.315. The van der Waals surface area contributed by atoms with E-state index in [0.717, 1.165) is 12.8 Å². The zero-order valence-electron chi connectivity index (χ0n) is 22.2. The minimum atomic E-state index is -0.315. The summed E-state index contributed by atoms with van der Waals surface area (Å²) in [5, 5.41) is 0. The first kappa shape index (κ1) is 23.6. The molecule has 0 bridgehead atoms. The van der Waals surface area contributed by atoms with Crippen LogP contribution in [-0.2, 0) is 5.41 Å². The van der Waals surface area contributed by atoms with Crippen LogP contribution in [0.4, 0.5) is 0 Å². The molecule has 0 aliphatic heterocycles. The van der Waals surface area contributed by atoms with Gasteiger partial charge in [0.2, 0.25) is 0 Å². The van der Waals surface area contributed by atoms with Crippen LogP contribution in [0.1, 0.15) is 96.9 Å². The first-order valence-corrected chi connectivity index (χ1v) is 13.3. The van der Waals surface area contributed by atoms with E-state index >= 15 is 0 Å². The van der Waals surface area contributed by atoms with Crippen LogP contribution in [0.3, 0.4) is 0 Å². The summed E-state index contributed by atoms with van der Waals surface area (Å²) in [5.74, 6) is 1.14.